The molecule has 0 fully saturated rings. The second-order valence-electron chi connectivity index (χ2n) is 5.45. The highest BCUT2D eigenvalue weighted by molar-refractivity contribution is 8.01. The van der Waals surface area contributed by atoms with Crippen molar-refractivity contribution in [2.24, 2.45) is 16.0 Å². The lowest BCUT2D eigenvalue weighted by Crippen LogP contribution is -2.32. The van der Waals surface area contributed by atoms with Crippen molar-refractivity contribution in [3.8, 4) is 0 Å². The van der Waals surface area contributed by atoms with Gasteiger partial charge < -0.3 is 11.1 Å². The number of rotatable bonds is 4. The fourth-order valence-corrected chi connectivity index (χ4v) is 3.58. The van der Waals surface area contributed by atoms with Crippen LogP contribution in [0.5, 0.6) is 0 Å². The summed E-state index contributed by atoms with van der Waals surface area (Å²) in [5.41, 5.74) is 7.78. The molecular weight excluding hydrogens is 336 g/mol. The van der Waals surface area contributed by atoms with E-state index < -0.39 is 10.0 Å². The van der Waals surface area contributed by atoms with Gasteiger partial charge >= 0.3 is 0 Å². The molecule has 7 nitrogen and oxygen atoms in total. The summed E-state index contributed by atoms with van der Waals surface area (Å²) in [6.45, 7) is 1.61. The summed E-state index contributed by atoms with van der Waals surface area (Å²) in [6.07, 6.45) is 2.34. The number of carbonyl (C=O) groups excluding carboxylic acids is 1. The van der Waals surface area contributed by atoms with E-state index in [1.807, 2.05) is 0 Å². The predicted molar refractivity (Wildman–Crippen MR) is 90.3 cm³/mol. The minimum Gasteiger partial charge on any atom is -0.401 e. The van der Waals surface area contributed by atoms with E-state index in [-0.39, 0.29) is 21.7 Å². The van der Waals surface area contributed by atoms with E-state index in [4.69, 9.17) is 16.0 Å². The molecule has 1 aromatic rings. The summed E-state index contributed by atoms with van der Waals surface area (Å²) < 4.78 is 22.9. The number of carbonyl (C=O) groups is 1. The monoisotopic (exact) mass is 356 g/mol. The predicted octanol–water partition coefficient (Wildman–Crippen LogP) is 0.625. The van der Waals surface area contributed by atoms with E-state index in [1.54, 1.807) is 19.1 Å². The number of benzene rings is 1. The first kappa shape index (κ1) is 17.8. The topological polar surface area (TPSA) is 141 Å². The van der Waals surface area contributed by atoms with E-state index >= 15 is 0 Å². The maximum absolute atomic E-state index is 12.3. The average Bonchev–Trinajstić information content (AvgIpc) is 2.46. The SMILES string of the molecule is C/C(N)=C(/SN)C(=O)NC1CCCc2cc(S(N)(=O)=O)ccc21. The molecular formula is C14H20N4O3S2. The molecule has 0 heterocycles. The zero-order valence-corrected chi connectivity index (χ0v) is 14.3. The Hall–Kier alpha value is -1.55. The number of amides is 1. The van der Waals surface area contributed by atoms with Crippen molar-refractivity contribution < 1.29 is 13.2 Å². The molecule has 0 radical (unpaired) electrons. The molecule has 0 aliphatic heterocycles. The van der Waals surface area contributed by atoms with Crippen LogP contribution < -0.4 is 21.3 Å². The number of hydrogen-bond acceptors (Lipinski definition) is 6. The fraction of sp³-hybridized carbons (Fsp3) is 0.357. The molecule has 0 saturated heterocycles. The van der Waals surface area contributed by atoms with Crippen LogP contribution in [0.2, 0.25) is 0 Å². The third kappa shape index (κ3) is 4.05. The molecule has 7 N–H and O–H groups in total. The van der Waals surface area contributed by atoms with Gasteiger partial charge in [-0.05, 0) is 61.4 Å². The summed E-state index contributed by atoms with van der Waals surface area (Å²) in [7, 11) is -3.74. The fourth-order valence-electron chi connectivity index (χ4n) is 2.67. The molecule has 1 atom stereocenters. The molecule has 0 spiro atoms. The van der Waals surface area contributed by atoms with Crippen LogP contribution in [0.25, 0.3) is 0 Å². The zero-order valence-electron chi connectivity index (χ0n) is 12.7. The highest BCUT2D eigenvalue weighted by Crippen LogP contribution is 2.31. The summed E-state index contributed by atoms with van der Waals surface area (Å²) in [4.78, 5) is 12.6. The zero-order chi connectivity index (χ0) is 17.2. The van der Waals surface area contributed by atoms with E-state index in [9.17, 15) is 13.2 Å². The minimum atomic E-state index is -3.74. The van der Waals surface area contributed by atoms with E-state index in [0.29, 0.717) is 5.70 Å². The lowest BCUT2D eigenvalue weighted by molar-refractivity contribution is -0.117. The van der Waals surface area contributed by atoms with Crippen LogP contribution in [0.15, 0.2) is 33.7 Å². The molecule has 0 saturated carbocycles. The molecule has 1 aliphatic rings. The van der Waals surface area contributed by atoms with Crippen molar-refractivity contribution in [1.29, 1.82) is 0 Å². The summed E-state index contributed by atoms with van der Waals surface area (Å²) >= 11 is 0.809. The van der Waals surface area contributed by atoms with Crippen molar-refractivity contribution in [3.63, 3.8) is 0 Å². The second kappa shape index (κ2) is 6.91. The minimum absolute atomic E-state index is 0.0825. The highest BCUT2D eigenvalue weighted by atomic mass is 32.2. The van der Waals surface area contributed by atoms with Gasteiger partial charge in [0.05, 0.1) is 10.9 Å². The van der Waals surface area contributed by atoms with Crippen LogP contribution >= 0.6 is 11.9 Å². The number of nitrogens with two attached hydrogens (primary N) is 3. The average molecular weight is 356 g/mol. The first-order chi connectivity index (χ1) is 10.7. The Labute approximate surface area is 139 Å². The van der Waals surface area contributed by atoms with Gasteiger partial charge in [0.2, 0.25) is 10.0 Å². The molecule has 9 heteroatoms. The summed E-state index contributed by atoms with van der Waals surface area (Å²) in [5.74, 6) is -0.328. The number of aryl methyl sites for hydroxylation is 1. The van der Waals surface area contributed by atoms with Gasteiger partial charge in [-0.15, -0.1) is 0 Å². The standard InChI is InChI=1S/C14H20N4O3S2/c1-8(15)13(22-16)14(19)18-12-4-2-3-9-7-10(23(17,20)21)5-6-11(9)12/h5-7,12H,2-4,15-16H2,1H3,(H,18,19)(H2,17,20,21)/b13-8-. The Kier molecular flexibility index (Phi) is 5.35. The Morgan fingerprint density at radius 1 is 1.39 bits per heavy atom. The first-order valence-electron chi connectivity index (χ1n) is 7.03. The van der Waals surface area contributed by atoms with Crippen molar-refractivity contribution in [2.75, 3.05) is 0 Å². The molecule has 0 aromatic heterocycles. The first-order valence-corrected chi connectivity index (χ1v) is 9.46. The molecule has 23 heavy (non-hydrogen) atoms. The number of fused-ring (bicyclic) bond motifs is 1. The number of sulfonamides is 1. The molecule has 1 unspecified atom stereocenters. The quantitative estimate of drug-likeness (QED) is 0.460. The van der Waals surface area contributed by atoms with Gasteiger partial charge in [0.25, 0.3) is 5.91 Å². The molecule has 0 bridgehead atoms. The molecule has 1 aromatic carbocycles. The number of primary sulfonamides is 1. The third-order valence-corrected chi connectivity index (χ3v) is 5.40. The van der Waals surface area contributed by atoms with Gasteiger partial charge in [0.1, 0.15) is 4.91 Å². The Morgan fingerprint density at radius 3 is 2.65 bits per heavy atom. The van der Waals surface area contributed by atoms with Gasteiger partial charge in [0, 0.05) is 5.70 Å². The Morgan fingerprint density at radius 2 is 2.09 bits per heavy atom. The third-order valence-electron chi connectivity index (χ3n) is 3.74. The van der Waals surface area contributed by atoms with Crippen LogP contribution in [0.3, 0.4) is 0 Å². The number of allylic oxidation sites excluding steroid dienone is 1. The van der Waals surface area contributed by atoms with Gasteiger partial charge in [0.15, 0.2) is 0 Å². The van der Waals surface area contributed by atoms with Gasteiger partial charge in [-0.2, -0.15) is 0 Å². The molecule has 1 amide bonds. The van der Waals surface area contributed by atoms with Gasteiger partial charge in [-0.3, -0.25) is 9.93 Å². The molecule has 2 rings (SSSR count). The van der Waals surface area contributed by atoms with Crippen molar-refractivity contribution in [2.45, 2.75) is 37.1 Å². The van der Waals surface area contributed by atoms with E-state index in [0.717, 1.165) is 42.3 Å². The van der Waals surface area contributed by atoms with E-state index in [2.05, 4.69) is 5.32 Å². The van der Waals surface area contributed by atoms with Crippen molar-refractivity contribution in [1.82, 2.24) is 5.32 Å². The Bertz CT molecular complexity index is 755. The smallest absolute Gasteiger partial charge is 0.261 e. The van der Waals surface area contributed by atoms with Crippen molar-refractivity contribution >= 4 is 27.9 Å². The lowest BCUT2D eigenvalue weighted by atomic mass is 9.87. The summed E-state index contributed by atoms with van der Waals surface area (Å²) in [5, 5.41) is 13.5. The van der Waals surface area contributed by atoms with Crippen LogP contribution in [0, 0.1) is 0 Å². The molecule has 1 aliphatic carbocycles. The maximum atomic E-state index is 12.3. The second-order valence-corrected chi connectivity index (χ2v) is 7.66. The van der Waals surface area contributed by atoms with E-state index in [1.165, 1.54) is 6.07 Å². The molecule has 126 valence electrons. The lowest BCUT2D eigenvalue weighted by Gasteiger charge is -2.27. The normalized spacial score (nSPS) is 18.8. The van der Waals surface area contributed by atoms with Crippen LogP contribution in [-0.4, -0.2) is 14.3 Å². The Balaban J connectivity index is 2.29. The maximum Gasteiger partial charge on any atom is 0.261 e. The largest absolute Gasteiger partial charge is 0.401 e. The van der Waals surface area contributed by atoms with Gasteiger partial charge in [-0.25, -0.2) is 13.6 Å². The van der Waals surface area contributed by atoms with Crippen LogP contribution in [0.1, 0.15) is 36.9 Å². The number of hydrogen-bond donors (Lipinski definition) is 4. The van der Waals surface area contributed by atoms with Crippen molar-refractivity contribution in [3.05, 3.63) is 39.9 Å². The highest BCUT2D eigenvalue weighted by Gasteiger charge is 2.24. The van der Waals surface area contributed by atoms with Crippen LogP contribution in [0.4, 0.5) is 0 Å². The number of nitrogens with one attached hydrogen (secondary N) is 1. The van der Waals surface area contributed by atoms with Gasteiger partial charge in [-0.1, -0.05) is 6.07 Å². The summed E-state index contributed by atoms with van der Waals surface area (Å²) in [6, 6.07) is 4.53. The van der Waals surface area contributed by atoms with Crippen LogP contribution in [-0.2, 0) is 21.2 Å².